The molecule has 0 fully saturated rings. The van der Waals surface area contributed by atoms with Crippen LogP contribution in [0.2, 0.25) is 0 Å². The van der Waals surface area contributed by atoms with Crippen molar-refractivity contribution in [3.05, 3.63) is 47.0 Å². The molecule has 0 aliphatic carbocycles. The molecule has 0 radical (unpaired) electrons. The first-order chi connectivity index (χ1) is 8.61. The van der Waals surface area contributed by atoms with Crippen molar-refractivity contribution in [2.75, 3.05) is 6.54 Å². The highest BCUT2D eigenvalue weighted by molar-refractivity contribution is 14.2. The van der Waals surface area contributed by atoms with Crippen LogP contribution in [0.4, 0.5) is 0 Å². The van der Waals surface area contributed by atoms with Gasteiger partial charge in [0.25, 0.3) is 0 Å². The second kappa shape index (κ2) is 6.21. The number of aryl methyl sites for hydroxylation is 1. The Labute approximate surface area is 125 Å². The number of carbonyl (C=O) groups is 1. The highest BCUT2D eigenvalue weighted by Gasteiger charge is 2.25. The first-order valence-corrected chi connectivity index (χ1v) is 9.25. The smallest absolute Gasteiger partial charge is 0.156 e. The SMILES string of the molecule is CC(=O)C1=CCC(c2ccc(C)cc2)N(SI)C1. The van der Waals surface area contributed by atoms with Crippen LogP contribution < -0.4 is 0 Å². The molecule has 0 amide bonds. The summed E-state index contributed by atoms with van der Waals surface area (Å²) in [6.07, 6.45) is 3.00. The predicted octanol–water partition coefficient (Wildman–Crippen LogP) is 4.26. The maximum absolute atomic E-state index is 11.4. The van der Waals surface area contributed by atoms with E-state index >= 15 is 0 Å². The molecular formula is C14H16INOS. The molecule has 1 aliphatic heterocycles. The van der Waals surface area contributed by atoms with Gasteiger partial charge in [0.15, 0.2) is 5.78 Å². The lowest BCUT2D eigenvalue weighted by Gasteiger charge is -2.32. The van der Waals surface area contributed by atoms with Crippen LogP contribution in [-0.4, -0.2) is 16.6 Å². The molecule has 1 aliphatic rings. The van der Waals surface area contributed by atoms with Crippen LogP contribution in [0.1, 0.15) is 30.5 Å². The lowest BCUT2D eigenvalue weighted by Crippen LogP contribution is -2.28. The maximum atomic E-state index is 11.4. The normalized spacial score (nSPS) is 20.6. The van der Waals surface area contributed by atoms with E-state index in [9.17, 15) is 4.79 Å². The Hall–Kier alpha value is -0.330. The average Bonchev–Trinajstić information content (AvgIpc) is 2.39. The summed E-state index contributed by atoms with van der Waals surface area (Å²) in [7, 11) is 1.68. The Morgan fingerprint density at radius 3 is 2.61 bits per heavy atom. The third kappa shape index (κ3) is 3.16. The van der Waals surface area contributed by atoms with Gasteiger partial charge < -0.3 is 0 Å². The summed E-state index contributed by atoms with van der Waals surface area (Å²) in [6.45, 7) is 4.48. The summed E-state index contributed by atoms with van der Waals surface area (Å²) in [4.78, 5) is 11.4. The minimum Gasteiger partial charge on any atom is -0.295 e. The lowest BCUT2D eigenvalue weighted by atomic mass is 9.96. The zero-order valence-corrected chi connectivity index (χ0v) is 13.5. The fraction of sp³-hybridized carbons (Fsp3) is 0.357. The van der Waals surface area contributed by atoms with Gasteiger partial charge in [-0.2, -0.15) is 0 Å². The number of rotatable bonds is 3. The summed E-state index contributed by atoms with van der Waals surface area (Å²) >= 11 is 2.29. The van der Waals surface area contributed by atoms with Crippen LogP contribution in [0.15, 0.2) is 35.9 Å². The predicted molar refractivity (Wildman–Crippen MR) is 85.6 cm³/mol. The molecule has 2 nitrogen and oxygen atoms in total. The van der Waals surface area contributed by atoms with Gasteiger partial charge in [-0.05, 0) is 35.0 Å². The Morgan fingerprint density at radius 2 is 2.06 bits per heavy atom. The van der Waals surface area contributed by atoms with Crippen molar-refractivity contribution in [3.8, 4) is 0 Å². The number of halogens is 1. The van der Waals surface area contributed by atoms with Crippen LogP contribution in [0, 0.1) is 6.92 Å². The molecule has 0 aromatic heterocycles. The number of benzene rings is 1. The van der Waals surface area contributed by atoms with Crippen LogP contribution in [0.25, 0.3) is 0 Å². The van der Waals surface area contributed by atoms with Crippen LogP contribution in [0.5, 0.6) is 0 Å². The van der Waals surface area contributed by atoms with Crippen LogP contribution in [-0.2, 0) is 4.79 Å². The average molecular weight is 373 g/mol. The van der Waals surface area contributed by atoms with Crippen molar-refractivity contribution in [1.29, 1.82) is 0 Å². The third-order valence-electron chi connectivity index (χ3n) is 3.26. The van der Waals surface area contributed by atoms with Gasteiger partial charge >= 0.3 is 0 Å². The van der Waals surface area contributed by atoms with E-state index in [2.05, 4.69) is 62.8 Å². The number of Topliss-reactive ketones (excluding diaryl/α,β-unsaturated/α-hetero) is 1. The van der Waals surface area contributed by atoms with Gasteiger partial charge in [-0.1, -0.05) is 35.9 Å². The van der Waals surface area contributed by atoms with Gasteiger partial charge in [-0.25, -0.2) is 4.31 Å². The Bertz CT molecular complexity index is 469. The van der Waals surface area contributed by atoms with E-state index in [1.54, 1.807) is 16.0 Å². The molecule has 1 atom stereocenters. The van der Waals surface area contributed by atoms with Crippen molar-refractivity contribution in [2.24, 2.45) is 0 Å². The molecule has 0 bridgehead atoms. The van der Waals surface area contributed by atoms with E-state index < -0.39 is 0 Å². The zero-order valence-electron chi connectivity index (χ0n) is 10.5. The molecule has 1 unspecified atom stereocenters. The number of hydrogen-bond acceptors (Lipinski definition) is 3. The summed E-state index contributed by atoms with van der Waals surface area (Å²) in [5.41, 5.74) is 3.54. The molecule has 0 saturated carbocycles. The minimum absolute atomic E-state index is 0.188. The van der Waals surface area contributed by atoms with E-state index in [0.29, 0.717) is 6.04 Å². The summed E-state index contributed by atoms with van der Waals surface area (Å²) in [5.74, 6) is 0.188. The van der Waals surface area contributed by atoms with E-state index in [0.717, 1.165) is 18.5 Å². The Morgan fingerprint density at radius 1 is 1.39 bits per heavy atom. The zero-order chi connectivity index (χ0) is 13.1. The molecule has 96 valence electrons. The van der Waals surface area contributed by atoms with E-state index in [4.69, 9.17) is 0 Å². The highest BCUT2D eigenvalue weighted by atomic mass is 127. The van der Waals surface area contributed by atoms with Crippen LogP contribution in [0.3, 0.4) is 0 Å². The summed E-state index contributed by atoms with van der Waals surface area (Å²) in [6, 6.07) is 9.04. The molecule has 0 spiro atoms. The van der Waals surface area contributed by atoms with E-state index in [1.165, 1.54) is 11.1 Å². The van der Waals surface area contributed by atoms with Crippen molar-refractivity contribution in [3.63, 3.8) is 0 Å². The van der Waals surface area contributed by atoms with Crippen molar-refractivity contribution in [1.82, 2.24) is 4.31 Å². The molecule has 0 N–H and O–H groups in total. The van der Waals surface area contributed by atoms with Gasteiger partial charge in [-0.15, -0.1) is 0 Å². The van der Waals surface area contributed by atoms with Gasteiger partial charge in [0.1, 0.15) is 0 Å². The third-order valence-corrected chi connectivity index (χ3v) is 5.34. The standard InChI is InChI=1S/C14H16INOS/c1-10-3-5-12(6-4-10)14-8-7-13(11(2)17)9-16(14)18-15/h3-7,14H,8-9H2,1-2H3. The number of carbonyl (C=O) groups excluding carboxylic acids is 1. The van der Waals surface area contributed by atoms with Gasteiger partial charge in [-0.3, -0.25) is 4.79 Å². The minimum atomic E-state index is 0.188. The topological polar surface area (TPSA) is 20.3 Å². The largest absolute Gasteiger partial charge is 0.295 e. The van der Waals surface area contributed by atoms with Crippen molar-refractivity contribution < 1.29 is 4.79 Å². The number of hydrogen-bond donors (Lipinski definition) is 0. The second-order valence-corrected chi connectivity index (χ2v) is 6.38. The first kappa shape index (κ1) is 14.1. The van der Waals surface area contributed by atoms with Crippen LogP contribution >= 0.6 is 30.3 Å². The lowest BCUT2D eigenvalue weighted by molar-refractivity contribution is -0.113. The summed E-state index contributed by atoms with van der Waals surface area (Å²) in [5, 5.41) is 0. The van der Waals surface area contributed by atoms with Gasteiger partial charge in [0.05, 0.1) is 0 Å². The molecule has 2 rings (SSSR count). The molecular weight excluding hydrogens is 357 g/mol. The fourth-order valence-corrected chi connectivity index (χ4v) is 3.87. The Kier molecular flexibility index (Phi) is 4.86. The molecule has 4 heteroatoms. The maximum Gasteiger partial charge on any atom is 0.156 e. The van der Waals surface area contributed by atoms with Gasteiger partial charge in [0, 0.05) is 39.4 Å². The summed E-state index contributed by atoms with van der Waals surface area (Å²) < 4.78 is 2.28. The monoisotopic (exact) mass is 373 g/mol. The fourth-order valence-electron chi connectivity index (χ4n) is 2.13. The molecule has 1 heterocycles. The molecule has 18 heavy (non-hydrogen) atoms. The Balaban J connectivity index is 2.23. The van der Waals surface area contributed by atoms with Crippen molar-refractivity contribution >= 4 is 36.1 Å². The van der Waals surface area contributed by atoms with Gasteiger partial charge in [0.2, 0.25) is 0 Å². The quantitative estimate of drug-likeness (QED) is 0.584. The number of nitrogens with zero attached hydrogens (tertiary/aromatic N) is 1. The van der Waals surface area contributed by atoms with E-state index in [1.807, 2.05) is 0 Å². The number of ketones is 1. The van der Waals surface area contributed by atoms with E-state index in [-0.39, 0.29) is 5.78 Å². The molecule has 1 aromatic rings. The first-order valence-electron chi connectivity index (χ1n) is 5.93. The highest BCUT2D eigenvalue weighted by Crippen LogP contribution is 2.37. The molecule has 0 saturated heterocycles. The molecule has 1 aromatic carbocycles. The second-order valence-electron chi connectivity index (χ2n) is 4.59. The van der Waals surface area contributed by atoms with Crippen molar-refractivity contribution in [2.45, 2.75) is 26.3 Å².